The van der Waals surface area contributed by atoms with Crippen LogP contribution in [0.3, 0.4) is 0 Å². The number of rotatable bonds is 6. The number of anilines is 3. The Kier molecular flexibility index (Phi) is 7.82. The number of fused-ring (bicyclic) bond motifs is 12. The van der Waals surface area contributed by atoms with Crippen molar-refractivity contribution in [3.8, 4) is 27.9 Å². The summed E-state index contributed by atoms with van der Waals surface area (Å²) in [6, 6.07) is 78.5. The van der Waals surface area contributed by atoms with Gasteiger partial charge in [0.15, 0.2) is 0 Å². The van der Waals surface area contributed by atoms with Crippen LogP contribution in [0.5, 0.6) is 0 Å². The first-order valence-electron chi connectivity index (χ1n) is 22.0. The quantitative estimate of drug-likeness (QED) is 0.167. The van der Waals surface area contributed by atoms with Crippen LogP contribution in [0.15, 0.2) is 227 Å². The summed E-state index contributed by atoms with van der Waals surface area (Å²) in [7, 11) is 0. The highest BCUT2D eigenvalue weighted by atomic mass is 32.1. The van der Waals surface area contributed by atoms with Crippen LogP contribution in [0.2, 0.25) is 0 Å². The molecule has 10 aromatic carbocycles. The van der Waals surface area contributed by atoms with Crippen molar-refractivity contribution in [1.29, 1.82) is 0 Å². The number of hydrogen-bond acceptors (Lipinski definition) is 4. The second-order valence-corrected chi connectivity index (χ2v) is 17.9. The Morgan fingerprint density at radius 3 is 1.77 bits per heavy atom. The first kappa shape index (κ1) is 36.1. The van der Waals surface area contributed by atoms with Crippen LogP contribution >= 0.6 is 11.3 Å². The average molecular weight is 849 g/mol. The minimum Gasteiger partial charge on any atom is -0.456 e. The summed E-state index contributed by atoms with van der Waals surface area (Å²) in [5, 5.41) is 9.42. The molecule has 4 aromatic heterocycles. The van der Waals surface area contributed by atoms with Gasteiger partial charge in [-0.1, -0.05) is 121 Å². The van der Waals surface area contributed by atoms with Gasteiger partial charge in [0.1, 0.15) is 22.3 Å². The van der Waals surface area contributed by atoms with Crippen molar-refractivity contribution >= 4 is 114 Å². The molecule has 4 heterocycles. The standard InChI is InChI=1S/C60H36N2O2S/c1-3-13-37(14-4-1)58-59-49-33-38(39-23-30-45-44-17-7-10-20-52(44)63-54(45)34-39)24-32-50(49)62(51(59)36-55-60(58)48-19-8-11-21-53(48)64-55)42-27-25-41(26-28-42)61(40-15-5-2-6-16-40)43-29-31-47-46-18-9-12-22-56(46)65-57(47)35-43/h1-36H. The van der Waals surface area contributed by atoms with E-state index >= 15 is 0 Å². The molecule has 14 aromatic rings. The fourth-order valence-electron chi connectivity index (χ4n) is 10.3. The maximum absolute atomic E-state index is 6.74. The van der Waals surface area contributed by atoms with Crippen LogP contribution in [-0.2, 0) is 0 Å². The number of thiophene rings is 1. The zero-order chi connectivity index (χ0) is 42.6. The number of hydrogen-bond donors (Lipinski definition) is 0. The predicted molar refractivity (Wildman–Crippen MR) is 274 cm³/mol. The van der Waals surface area contributed by atoms with Gasteiger partial charge in [0.25, 0.3) is 0 Å². The third-order valence-corrected chi connectivity index (χ3v) is 14.3. The molecule has 0 bridgehead atoms. The molecule has 0 aliphatic rings. The normalized spacial score (nSPS) is 12.0. The molecule has 0 N–H and O–H groups in total. The van der Waals surface area contributed by atoms with Crippen LogP contribution in [-0.4, -0.2) is 4.57 Å². The molecular formula is C60H36N2O2S. The molecule has 0 radical (unpaired) electrons. The molecule has 0 amide bonds. The van der Waals surface area contributed by atoms with Gasteiger partial charge in [0.05, 0.1) is 11.0 Å². The molecule has 4 nitrogen and oxygen atoms in total. The fourth-order valence-corrected chi connectivity index (χ4v) is 11.4. The lowest BCUT2D eigenvalue weighted by atomic mass is 9.93. The van der Waals surface area contributed by atoms with E-state index in [0.717, 1.165) is 94.4 Å². The van der Waals surface area contributed by atoms with E-state index in [4.69, 9.17) is 8.83 Å². The Labute approximate surface area is 377 Å². The van der Waals surface area contributed by atoms with Gasteiger partial charge in [-0.3, -0.25) is 0 Å². The highest BCUT2D eigenvalue weighted by Gasteiger charge is 2.24. The molecule has 0 unspecified atom stereocenters. The van der Waals surface area contributed by atoms with Crippen molar-refractivity contribution in [2.45, 2.75) is 0 Å². The minimum atomic E-state index is 0.862. The number of aromatic nitrogens is 1. The van der Waals surface area contributed by atoms with Crippen LogP contribution in [0.4, 0.5) is 17.1 Å². The molecule has 0 atom stereocenters. The summed E-state index contributed by atoms with van der Waals surface area (Å²) in [6.07, 6.45) is 0. The van der Waals surface area contributed by atoms with Gasteiger partial charge >= 0.3 is 0 Å². The zero-order valence-electron chi connectivity index (χ0n) is 34.9. The van der Waals surface area contributed by atoms with Gasteiger partial charge in [0, 0.05) is 86.9 Å². The van der Waals surface area contributed by atoms with Crippen molar-refractivity contribution < 1.29 is 8.83 Å². The van der Waals surface area contributed by atoms with Crippen LogP contribution < -0.4 is 4.90 Å². The predicted octanol–water partition coefficient (Wildman–Crippen LogP) is 17.8. The lowest BCUT2D eigenvalue weighted by molar-refractivity contribution is 0.669. The highest BCUT2D eigenvalue weighted by molar-refractivity contribution is 7.25. The van der Waals surface area contributed by atoms with Crippen LogP contribution in [0.25, 0.3) is 114 Å². The molecule has 0 spiro atoms. The monoisotopic (exact) mass is 848 g/mol. The van der Waals surface area contributed by atoms with E-state index < -0.39 is 0 Å². The van der Waals surface area contributed by atoms with E-state index in [0.29, 0.717) is 0 Å². The number of benzene rings is 10. The third kappa shape index (κ3) is 5.56. The summed E-state index contributed by atoms with van der Waals surface area (Å²) < 4.78 is 18.1. The van der Waals surface area contributed by atoms with Gasteiger partial charge < -0.3 is 18.3 Å². The van der Waals surface area contributed by atoms with Crippen molar-refractivity contribution in [2.75, 3.05) is 4.90 Å². The molecule has 0 aliphatic heterocycles. The average Bonchev–Trinajstić information content (AvgIpc) is 4.12. The first-order valence-corrected chi connectivity index (χ1v) is 22.8. The number of para-hydroxylation sites is 3. The molecule has 0 saturated carbocycles. The Balaban J connectivity index is 0.997. The minimum absolute atomic E-state index is 0.862. The fraction of sp³-hybridized carbons (Fsp3) is 0. The third-order valence-electron chi connectivity index (χ3n) is 13.2. The molecule has 14 rings (SSSR count). The highest BCUT2D eigenvalue weighted by Crippen LogP contribution is 2.48. The van der Waals surface area contributed by atoms with Gasteiger partial charge in [0.2, 0.25) is 0 Å². The maximum atomic E-state index is 6.74. The van der Waals surface area contributed by atoms with E-state index in [1.54, 1.807) is 0 Å². The van der Waals surface area contributed by atoms with Gasteiger partial charge in [-0.15, -0.1) is 11.3 Å². The second-order valence-electron chi connectivity index (χ2n) is 16.8. The van der Waals surface area contributed by atoms with Gasteiger partial charge in [-0.2, -0.15) is 0 Å². The molecule has 0 aliphatic carbocycles. The van der Waals surface area contributed by atoms with Crippen molar-refractivity contribution in [1.82, 2.24) is 4.57 Å². The topological polar surface area (TPSA) is 34.5 Å². The molecule has 304 valence electrons. The van der Waals surface area contributed by atoms with Gasteiger partial charge in [-0.05, 0) is 108 Å². The van der Waals surface area contributed by atoms with E-state index in [1.165, 1.54) is 36.5 Å². The summed E-state index contributed by atoms with van der Waals surface area (Å²) in [5.74, 6) is 0. The molecule has 0 fully saturated rings. The van der Waals surface area contributed by atoms with Crippen molar-refractivity contribution in [3.63, 3.8) is 0 Å². The smallest absolute Gasteiger partial charge is 0.138 e. The SMILES string of the molecule is c1ccc(-c2c3c(cc4c2c2cc(-c5ccc6c(c5)oc5ccccc56)ccc2n4-c2ccc(N(c4ccccc4)c4ccc5c(c4)sc4ccccc45)cc2)oc2ccccc23)cc1. The Bertz CT molecular complexity index is 4180. The van der Waals surface area contributed by atoms with Crippen molar-refractivity contribution in [2.24, 2.45) is 0 Å². The summed E-state index contributed by atoms with van der Waals surface area (Å²) in [4.78, 5) is 2.36. The van der Waals surface area contributed by atoms with Crippen molar-refractivity contribution in [3.05, 3.63) is 218 Å². The van der Waals surface area contributed by atoms with E-state index in [2.05, 4.69) is 210 Å². The van der Waals surface area contributed by atoms with E-state index in [9.17, 15) is 0 Å². The van der Waals surface area contributed by atoms with E-state index in [-0.39, 0.29) is 0 Å². The molecular weight excluding hydrogens is 813 g/mol. The lowest BCUT2D eigenvalue weighted by Gasteiger charge is -2.26. The Morgan fingerprint density at radius 1 is 0.338 bits per heavy atom. The molecule has 5 heteroatoms. The number of furan rings is 2. The van der Waals surface area contributed by atoms with Crippen LogP contribution in [0.1, 0.15) is 0 Å². The maximum Gasteiger partial charge on any atom is 0.138 e. The summed E-state index contributed by atoms with van der Waals surface area (Å²) in [5.41, 5.74) is 14.6. The molecule has 65 heavy (non-hydrogen) atoms. The largest absolute Gasteiger partial charge is 0.456 e. The van der Waals surface area contributed by atoms with E-state index in [1.807, 2.05) is 29.5 Å². The first-order chi connectivity index (χ1) is 32.2. The summed E-state index contributed by atoms with van der Waals surface area (Å²) >= 11 is 1.85. The second kappa shape index (κ2) is 14.1. The molecule has 0 saturated heterocycles. The number of nitrogens with zero attached hydrogens (tertiary/aromatic N) is 2. The Morgan fingerprint density at radius 2 is 0.938 bits per heavy atom. The van der Waals surface area contributed by atoms with Crippen LogP contribution in [0, 0.1) is 0 Å². The zero-order valence-corrected chi connectivity index (χ0v) is 35.7. The summed E-state index contributed by atoms with van der Waals surface area (Å²) in [6.45, 7) is 0. The Hall–Kier alpha value is -8.38. The lowest BCUT2D eigenvalue weighted by Crippen LogP contribution is -2.09. The van der Waals surface area contributed by atoms with Gasteiger partial charge in [-0.25, -0.2) is 0 Å².